The minimum Gasteiger partial charge on any atom is -0.489 e. The van der Waals surface area contributed by atoms with Crippen LogP contribution in [0.5, 0.6) is 5.75 Å². The van der Waals surface area contributed by atoms with Crippen LogP contribution in [0.4, 0.5) is 5.82 Å². The van der Waals surface area contributed by atoms with E-state index in [2.05, 4.69) is 20.9 Å². The highest BCUT2D eigenvalue weighted by atomic mass is 79.9. The first-order valence-electron chi connectivity index (χ1n) is 5.63. The van der Waals surface area contributed by atoms with Crippen molar-refractivity contribution in [3.63, 3.8) is 0 Å². The molecule has 1 aromatic heterocycles. The van der Waals surface area contributed by atoms with Crippen LogP contribution < -0.4 is 4.74 Å². The molecule has 1 heterocycles. The van der Waals surface area contributed by atoms with E-state index in [1.807, 2.05) is 24.3 Å². The van der Waals surface area contributed by atoms with Crippen molar-refractivity contribution in [1.82, 2.24) is 9.55 Å². The smallest absolute Gasteiger partial charge is 0.342 e. The van der Waals surface area contributed by atoms with Crippen LogP contribution in [0.15, 0.2) is 34.9 Å². The molecule has 0 saturated carbocycles. The molecule has 0 aliphatic carbocycles. The van der Waals surface area contributed by atoms with E-state index in [4.69, 9.17) is 4.74 Å². The molecule has 6 nitrogen and oxygen atoms in total. The number of aryl methyl sites for hydroxylation is 1. The lowest BCUT2D eigenvalue weighted by atomic mass is 10.3. The minimum atomic E-state index is -0.445. The molecule has 0 saturated heterocycles. The number of hydrogen-bond acceptors (Lipinski definition) is 4. The van der Waals surface area contributed by atoms with Gasteiger partial charge >= 0.3 is 5.82 Å². The number of ether oxygens (including phenoxy) is 1. The molecule has 0 aliphatic heterocycles. The van der Waals surface area contributed by atoms with Gasteiger partial charge in [0.15, 0.2) is 5.82 Å². The number of imidazole rings is 1. The maximum atomic E-state index is 10.8. The van der Waals surface area contributed by atoms with E-state index in [9.17, 15) is 10.1 Å². The Balaban J connectivity index is 2.00. The molecular weight excluding hydrogens is 314 g/mol. The molecule has 0 aliphatic rings. The predicted molar refractivity (Wildman–Crippen MR) is 73.3 cm³/mol. The molecule has 0 spiro atoms. The van der Waals surface area contributed by atoms with Gasteiger partial charge in [-0.2, -0.15) is 0 Å². The molecule has 0 unspecified atom stereocenters. The van der Waals surface area contributed by atoms with Crippen LogP contribution in [0, 0.1) is 17.0 Å². The Morgan fingerprint density at radius 1 is 1.53 bits per heavy atom. The first-order valence-corrected chi connectivity index (χ1v) is 6.42. The molecule has 0 N–H and O–H groups in total. The van der Waals surface area contributed by atoms with Gasteiger partial charge in [0.1, 0.15) is 25.1 Å². The van der Waals surface area contributed by atoms with Gasteiger partial charge in [0, 0.05) is 11.4 Å². The van der Waals surface area contributed by atoms with Gasteiger partial charge < -0.3 is 14.9 Å². The highest BCUT2D eigenvalue weighted by Gasteiger charge is 2.16. The zero-order valence-electron chi connectivity index (χ0n) is 10.2. The third-order valence-corrected chi connectivity index (χ3v) is 3.09. The lowest BCUT2D eigenvalue weighted by Gasteiger charge is -2.06. The molecule has 0 fully saturated rings. The number of benzene rings is 1. The van der Waals surface area contributed by atoms with Crippen LogP contribution in [0.2, 0.25) is 0 Å². The fraction of sp³-hybridized carbons (Fsp3) is 0.250. The summed E-state index contributed by atoms with van der Waals surface area (Å²) in [7, 11) is 0. The molecule has 100 valence electrons. The van der Waals surface area contributed by atoms with Gasteiger partial charge in [-0.15, -0.1) is 0 Å². The Morgan fingerprint density at radius 3 is 3.00 bits per heavy atom. The molecule has 2 rings (SSSR count). The number of nitro groups is 1. The van der Waals surface area contributed by atoms with Gasteiger partial charge in [-0.05, 0) is 23.1 Å². The van der Waals surface area contributed by atoms with Gasteiger partial charge in [0.25, 0.3) is 0 Å². The zero-order valence-corrected chi connectivity index (χ0v) is 11.8. The summed E-state index contributed by atoms with van der Waals surface area (Å²) in [6.45, 7) is 2.45. The largest absolute Gasteiger partial charge is 0.489 e. The average molecular weight is 326 g/mol. The van der Waals surface area contributed by atoms with Crippen molar-refractivity contribution >= 4 is 21.7 Å². The van der Waals surface area contributed by atoms with E-state index in [0.29, 0.717) is 19.0 Å². The predicted octanol–water partition coefficient (Wildman–Crippen LogP) is 2.94. The number of halogens is 1. The maximum Gasteiger partial charge on any atom is 0.342 e. The fourth-order valence-corrected chi connectivity index (χ4v) is 2.07. The normalized spacial score (nSPS) is 10.4. The summed E-state index contributed by atoms with van der Waals surface area (Å²) in [5.41, 5.74) is 0. The van der Waals surface area contributed by atoms with E-state index in [0.717, 1.165) is 10.2 Å². The topological polar surface area (TPSA) is 70.2 Å². The molecular formula is C12H12BrN3O3. The van der Waals surface area contributed by atoms with Crippen LogP contribution >= 0.6 is 15.9 Å². The summed E-state index contributed by atoms with van der Waals surface area (Å²) in [6, 6.07) is 7.44. The SMILES string of the molecule is Cc1ncc([N+](=O)[O-])n1CCOc1cccc(Br)c1. The molecule has 0 atom stereocenters. The van der Waals surface area contributed by atoms with E-state index < -0.39 is 4.92 Å². The zero-order chi connectivity index (χ0) is 13.8. The monoisotopic (exact) mass is 325 g/mol. The first kappa shape index (κ1) is 13.5. The van der Waals surface area contributed by atoms with E-state index in [1.54, 1.807) is 6.92 Å². The Labute approximate surface area is 118 Å². The Kier molecular flexibility index (Phi) is 4.16. The molecule has 2 aromatic rings. The molecule has 7 heteroatoms. The summed E-state index contributed by atoms with van der Waals surface area (Å²) >= 11 is 3.35. The first-order chi connectivity index (χ1) is 9.08. The summed E-state index contributed by atoms with van der Waals surface area (Å²) < 4.78 is 8.00. The summed E-state index contributed by atoms with van der Waals surface area (Å²) in [5.74, 6) is 1.30. The third-order valence-electron chi connectivity index (χ3n) is 2.60. The van der Waals surface area contributed by atoms with Gasteiger partial charge in [-0.25, -0.2) is 9.55 Å². The fourth-order valence-electron chi connectivity index (χ4n) is 1.69. The van der Waals surface area contributed by atoms with Crippen LogP contribution in [-0.4, -0.2) is 21.1 Å². The second-order valence-electron chi connectivity index (χ2n) is 3.88. The van der Waals surface area contributed by atoms with Crippen LogP contribution in [0.3, 0.4) is 0 Å². The highest BCUT2D eigenvalue weighted by Crippen LogP contribution is 2.18. The second kappa shape index (κ2) is 5.83. The number of nitrogens with zero attached hydrogens (tertiary/aromatic N) is 3. The van der Waals surface area contributed by atoms with Crippen molar-refractivity contribution in [2.75, 3.05) is 6.61 Å². The highest BCUT2D eigenvalue weighted by molar-refractivity contribution is 9.10. The second-order valence-corrected chi connectivity index (χ2v) is 4.79. The third kappa shape index (κ3) is 3.31. The van der Waals surface area contributed by atoms with E-state index in [-0.39, 0.29) is 5.82 Å². The molecule has 0 radical (unpaired) electrons. The minimum absolute atomic E-state index is 0.0182. The van der Waals surface area contributed by atoms with Gasteiger partial charge in [-0.1, -0.05) is 22.0 Å². The Hall–Kier alpha value is -1.89. The number of rotatable bonds is 5. The standard InChI is InChI=1S/C12H12BrN3O3/c1-9-14-8-12(16(17)18)15(9)5-6-19-11-4-2-3-10(13)7-11/h2-4,7-8H,5-6H2,1H3. The van der Waals surface area contributed by atoms with Crippen LogP contribution in [0.1, 0.15) is 5.82 Å². The van der Waals surface area contributed by atoms with Crippen LogP contribution in [0.25, 0.3) is 0 Å². The quantitative estimate of drug-likeness (QED) is 0.626. The van der Waals surface area contributed by atoms with Gasteiger partial charge in [0.05, 0.1) is 0 Å². The Morgan fingerprint density at radius 2 is 2.32 bits per heavy atom. The lowest BCUT2D eigenvalue weighted by molar-refractivity contribution is -0.392. The number of hydrogen-bond donors (Lipinski definition) is 0. The van der Waals surface area contributed by atoms with Crippen molar-refractivity contribution < 1.29 is 9.66 Å². The number of aromatic nitrogens is 2. The summed E-state index contributed by atoms with van der Waals surface area (Å²) in [4.78, 5) is 14.3. The molecule has 0 amide bonds. The van der Waals surface area contributed by atoms with Crippen molar-refractivity contribution in [2.45, 2.75) is 13.5 Å². The lowest BCUT2D eigenvalue weighted by Crippen LogP contribution is -2.11. The maximum absolute atomic E-state index is 10.8. The molecule has 0 bridgehead atoms. The van der Waals surface area contributed by atoms with Crippen molar-refractivity contribution in [2.24, 2.45) is 0 Å². The Bertz CT molecular complexity index is 598. The molecule has 1 aromatic carbocycles. The van der Waals surface area contributed by atoms with Gasteiger partial charge in [-0.3, -0.25) is 0 Å². The van der Waals surface area contributed by atoms with Crippen LogP contribution in [-0.2, 0) is 6.54 Å². The molecule has 19 heavy (non-hydrogen) atoms. The summed E-state index contributed by atoms with van der Waals surface area (Å²) in [6.07, 6.45) is 1.26. The van der Waals surface area contributed by atoms with Crippen molar-refractivity contribution in [1.29, 1.82) is 0 Å². The summed E-state index contributed by atoms with van der Waals surface area (Å²) in [5, 5.41) is 10.8. The van der Waals surface area contributed by atoms with E-state index in [1.165, 1.54) is 10.8 Å². The van der Waals surface area contributed by atoms with E-state index >= 15 is 0 Å². The van der Waals surface area contributed by atoms with Crippen molar-refractivity contribution in [3.8, 4) is 5.75 Å². The van der Waals surface area contributed by atoms with Crippen molar-refractivity contribution in [3.05, 3.63) is 50.9 Å². The van der Waals surface area contributed by atoms with Gasteiger partial charge in [0.2, 0.25) is 0 Å². The average Bonchev–Trinajstić information content (AvgIpc) is 2.71.